The van der Waals surface area contributed by atoms with Crippen molar-refractivity contribution in [2.24, 2.45) is 16.8 Å². The Labute approximate surface area is 109 Å². The standard InChI is InChI=1S/C11H14ClN3O3/c1-6(10(13)15-18)5-14-11(17)8-3-2-7(12)4-9(8)16/h2-4,6,16,18H,5H2,1H3,(H2,13,15)(H,14,17). The average Bonchev–Trinajstić information content (AvgIpc) is 2.34. The summed E-state index contributed by atoms with van der Waals surface area (Å²) in [4.78, 5) is 11.7. The Balaban J connectivity index is 2.66. The minimum atomic E-state index is -0.457. The van der Waals surface area contributed by atoms with Gasteiger partial charge in [-0.1, -0.05) is 23.7 Å². The first-order chi connectivity index (χ1) is 8.45. The maximum atomic E-state index is 11.7. The van der Waals surface area contributed by atoms with Crippen molar-refractivity contribution in [3.63, 3.8) is 0 Å². The molecule has 1 rings (SSSR count). The van der Waals surface area contributed by atoms with E-state index in [1.54, 1.807) is 6.92 Å². The molecule has 0 heterocycles. The number of nitrogens with one attached hydrogen (secondary N) is 1. The number of aromatic hydroxyl groups is 1. The van der Waals surface area contributed by atoms with Gasteiger partial charge >= 0.3 is 0 Å². The predicted molar refractivity (Wildman–Crippen MR) is 68.0 cm³/mol. The van der Waals surface area contributed by atoms with Crippen LogP contribution in [0.2, 0.25) is 5.02 Å². The number of phenolic OH excluding ortho intramolecular Hbond substituents is 1. The lowest BCUT2D eigenvalue weighted by molar-refractivity contribution is 0.0948. The van der Waals surface area contributed by atoms with E-state index in [1.807, 2.05) is 0 Å². The minimum Gasteiger partial charge on any atom is -0.507 e. The van der Waals surface area contributed by atoms with E-state index in [4.69, 9.17) is 22.5 Å². The van der Waals surface area contributed by atoms with E-state index < -0.39 is 5.91 Å². The monoisotopic (exact) mass is 271 g/mol. The molecule has 0 spiro atoms. The highest BCUT2D eigenvalue weighted by Gasteiger charge is 2.14. The number of nitrogens with two attached hydrogens (primary N) is 1. The molecule has 5 N–H and O–H groups in total. The third-order valence-electron chi connectivity index (χ3n) is 2.39. The first kappa shape index (κ1) is 14.1. The van der Waals surface area contributed by atoms with Gasteiger partial charge in [-0.2, -0.15) is 0 Å². The van der Waals surface area contributed by atoms with Gasteiger partial charge in [0.15, 0.2) is 0 Å². The van der Waals surface area contributed by atoms with Gasteiger partial charge in [0.2, 0.25) is 0 Å². The molecule has 0 aliphatic heterocycles. The van der Waals surface area contributed by atoms with Gasteiger partial charge in [0.05, 0.1) is 5.56 Å². The fourth-order valence-electron chi connectivity index (χ4n) is 1.24. The van der Waals surface area contributed by atoms with Crippen LogP contribution in [-0.2, 0) is 0 Å². The molecule has 0 bridgehead atoms. The second-order valence-electron chi connectivity index (χ2n) is 3.80. The Bertz CT molecular complexity index is 477. The molecule has 0 saturated carbocycles. The van der Waals surface area contributed by atoms with E-state index in [0.29, 0.717) is 5.02 Å². The molecule has 1 unspecified atom stereocenters. The van der Waals surface area contributed by atoms with Crippen LogP contribution in [-0.4, -0.2) is 28.6 Å². The van der Waals surface area contributed by atoms with E-state index in [0.717, 1.165) is 0 Å². The quantitative estimate of drug-likeness (QED) is 0.285. The molecule has 0 radical (unpaired) electrons. The Kier molecular flexibility index (Phi) is 4.79. The smallest absolute Gasteiger partial charge is 0.255 e. The van der Waals surface area contributed by atoms with Crippen molar-refractivity contribution in [2.45, 2.75) is 6.92 Å². The third-order valence-corrected chi connectivity index (χ3v) is 2.63. The molecule has 0 aromatic heterocycles. The number of carbonyl (C=O) groups excluding carboxylic acids is 1. The number of oxime groups is 1. The molecule has 98 valence electrons. The first-order valence-corrected chi connectivity index (χ1v) is 5.57. The van der Waals surface area contributed by atoms with Crippen molar-refractivity contribution in [1.29, 1.82) is 0 Å². The van der Waals surface area contributed by atoms with Gasteiger partial charge in [0.1, 0.15) is 11.6 Å². The highest BCUT2D eigenvalue weighted by molar-refractivity contribution is 6.30. The molecule has 1 aromatic carbocycles. The van der Waals surface area contributed by atoms with Crippen molar-refractivity contribution in [1.82, 2.24) is 5.32 Å². The average molecular weight is 272 g/mol. The lowest BCUT2D eigenvalue weighted by atomic mass is 10.1. The van der Waals surface area contributed by atoms with Crippen LogP contribution in [0.1, 0.15) is 17.3 Å². The van der Waals surface area contributed by atoms with Gasteiger partial charge in [-0.25, -0.2) is 0 Å². The van der Waals surface area contributed by atoms with Crippen LogP contribution in [0.5, 0.6) is 5.75 Å². The Hall–Kier alpha value is -1.95. The number of carbonyl (C=O) groups is 1. The number of hydrogen-bond acceptors (Lipinski definition) is 4. The molecule has 7 heteroatoms. The van der Waals surface area contributed by atoms with Crippen LogP contribution in [0.3, 0.4) is 0 Å². The largest absolute Gasteiger partial charge is 0.507 e. The summed E-state index contributed by atoms with van der Waals surface area (Å²) >= 11 is 5.66. The zero-order chi connectivity index (χ0) is 13.7. The number of hydrogen-bond donors (Lipinski definition) is 4. The summed E-state index contributed by atoms with van der Waals surface area (Å²) in [5.74, 6) is -0.942. The topological polar surface area (TPSA) is 108 Å². The number of amides is 1. The molecular formula is C11H14ClN3O3. The fourth-order valence-corrected chi connectivity index (χ4v) is 1.41. The molecule has 1 amide bonds. The minimum absolute atomic E-state index is 0.0237. The highest BCUT2D eigenvalue weighted by atomic mass is 35.5. The van der Waals surface area contributed by atoms with Crippen LogP contribution in [0.4, 0.5) is 0 Å². The summed E-state index contributed by atoms with van der Waals surface area (Å²) in [5.41, 5.74) is 5.49. The molecule has 0 saturated heterocycles. The summed E-state index contributed by atoms with van der Waals surface area (Å²) in [6.45, 7) is 1.88. The number of amidine groups is 1. The van der Waals surface area contributed by atoms with Crippen LogP contribution in [0, 0.1) is 5.92 Å². The van der Waals surface area contributed by atoms with Gasteiger partial charge in [-0.15, -0.1) is 0 Å². The van der Waals surface area contributed by atoms with Gasteiger partial charge in [0.25, 0.3) is 5.91 Å². The molecule has 18 heavy (non-hydrogen) atoms. The van der Waals surface area contributed by atoms with Crippen molar-refractivity contribution in [2.75, 3.05) is 6.54 Å². The van der Waals surface area contributed by atoms with Crippen molar-refractivity contribution >= 4 is 23.3 Å². The summed E-state index contributed by atoms with van der Waals surface area (Å²) < 4.78 is 0. The second-order valence-corrected chi connectivity index (χ2v) is 4.23. The van der Waals surface area contributed by atoms with Crippen LogP contribution in [0.15, 0.2) is 23.4 Å². The van der Waals surface area contributed by atoms with E-state index in [-0.39, 0.29) is 29.6 Å². The Morgan fingerprint density at radius 2 is 2.28 bits per heavy atom. The predicted octanol–water partition coefficient (Wildman–Crippen LogP) is 1.16. The lowest BCUT2D eigenvalue weighted by Crippen LogP contribution is -2.34. The molecule has 0 aliphatic rings. The number of rotatable bonds is 4. The number of phenols is 1. The van der Waals surface area contributed by atoms with Crippen LogP contribution < -0.4 is 11.1 Å². The van der Waals surface area contributed by atoms with Gasteiger partial charge in [-0.3, -0.25) is 4.79 Å². The molecule has 1 atom stereocenters. The van der Waals surface area contributed by atoms with Crippen LogP contribution in [0.25, 0.3) is 0 Å². The first-order valence-electron chi connectivity index (χ1n) is 5.19. The van der Waals surface area contributed by atoms with Gasteiger partial charge in [-0.05, 0) is 18.2 Å². The van der Waals surface area contributed by atoms with Gasteiger partial charge in [0, 0.05) is 17.5 Å². The highest BCUT2D eigenvalue weighted by Crippen LogP contribution is 2.21. The van der Waals surface area contributed by atoms with Crippen LogP contribution >= 0.6 is 11.6 Å². The summed E-state index contributed by atoms with van der Waals surface area (Å²) in [6, 6.07) is 4.20. The zero-order valence-corrected chi connectivity index (χ0v) is 10.5. The lowest BCUT2D eigenvalue weighted by Gasteiger charge is -2.11. The fraction of sp³-hybridized carbons (Fsp3) is 0.273. The zero-order valence-electron chi connectivity index (χ0n) is 9.72. The molecule has 1 aromatic rings. The van der Waals surface area contributed by atoms with Crippen molar-refractivity contribution < 1.29 is 15.1 Å². The number of benzene rings is 1. The van der Waals surface area contributed by atoms with Gasteiger partial charge < -0.3 is 21.4 Å². The van der Waals surface area contributed by atoms with E-state index in [2.05, 4.69) is 10.5 Å². The third kappa shape index (κ3) is 3.53. The Morgan fingerprint density at radius 1 is 1.61 bits per heavy atom. The SMILES string of the molecule is CC(CNC(=O)c1ccc(Cl)cc1O)C(N)=NO. The van der Waals surface area contributed by atoms with Crippen molar-refractivity contribution in [3.05, 3.63) is 28.8 Å². The van der Waals surface area contributed by atoms with Crippen molar-refractivity contribution in [3.8, 4) is 5.75 Å². The van der Waals surface area contributed by atoms with E-state index >= 15 is 0 Å². The molecule has 0 aliphatic carbocycles. The molecule has 6 nitrogen and oxygen atoms in total. The molecule has 0 fully saturated rings. The normalized spacial score (nSPS) is 13.1. The summed E-state index contributed by atoms with van der Waals surface area (Å²) in [5, 5.41) is 23.8. The maximum Gasteiger partial charge on any atom is 0.255 e. The molecular weight excluding hydrogens is 258 g/mol. The van der Waals surface area contributed by atoms with E-state index in [9.17, 15) is 9.90 Å². The summed E-state index contributed by atoms with van der Waals surface area (Å²) in [6.07, 6.45) is 0. The Morgan fingerprint density at radius 3 is 2.83 bits per heavy atom. The number of nitrogens with zero attached hydrogens (tertiary/aromatic N) is 1. The summed E-state index contributed by atoms with van der Waals surface area (Å²) in [7, 11) is 0. The van der Waals surface area contributed by atoms with E-state index in [1.165, 1.54) is 18.2 Å². The second kappa shape index (κ2) is 6.11. The maximum absolute atomic E-state index is 11.7. The number of halogens is 1.